The molecule has 2 heterocycles. The van der Waals surface area contributed by atoms with E-state index >= 15 is 0 Å². The van der Waals surface area contributed by atoms with Crippen LogP contribution in [0.2, 0.25) is 0 Å². The van der Waals surface area contributed by atoms with Gasteiger partial charge in [-0.2, -0.15) is 9.03 Å². The van der Waals surface area contributed by atoms with Crippen LogP contribution in [0.15, 0.2) is 13.9 Å². The third-order valence-corrected chi connectivity index (χ3v) is 18.0. The Hall–Kier alpha value is 0.840. The molecular formula is C8H20Cl2N9P3S. The van der Waals surface area contributed by atoms with Gasteiger partial charge >= 0.3 is 0 Å². The molecule has 2 fully saturated rings. The Morgan fingerprint density at radius 1 is 0.913 bits per heavy atom. The minimum atomic E-state index is -3.14. The summed E-state index contributed by atoms with van der Waals surface area (Å²) in [5.41, 5.74) is 8.96. The fraction of sp³-hybridized carbons (Fsp3) is 1.00. The first-order valence-corrected chi connectivity index (χ1v) is 14.5. The van der Waals surface area contributed by atoms with Crippen molar-refractivity contribution in [3.63, 3.8) is 0 Å². The molecule has 2 saturated heterocycles. The van der Waals surface area contributed by atoms with E-state index in [1.165, 1.54) is 0 Å². The quantitative estimate of drug-likeness (QED) is 0.277. The highest BCUT2D eigenvalue weighted by Crippen LogP contribution is 2.76. The van der Waals surface area contributed by atoms with Gasteiger partial charge in [0.15, 0.2) is 13.4 Å². The van der Waals surface area contributed by atoms with Gasteiger partial charge in [0.2, 0.25) is 0 Å². The Morgan fingerprint density at radius 3 is 1.48 bits per heavy atom. The number of nitrogens with zero attached hydrogens (tertiary/aromatic N) is 9. The van der Waals surface area contributed by atoms with Crippen LogP contribution in [0.5, 0.6) is 0 Å². The van der Waals surface area contributed by atoms with Crippen LogP contribution in [0, 0.1) is 0 Å². The third kappa shape index (κ3) is 3.84. The Bertz CT molecular complexity index is 618. The predicted octanol–water partition coefficient (Wildman–Crippen LogP) is 4.65. The molecule has 2 aliphatic rings. The summed E-state index contributed by atoms with van der Waals surface area (Å²) in [6, 6.07) is 0. The first-order valence-electron chi connectivity index (χ1n) is 6.77. The molecule has 0 radical (unpaired) electrons. The maximum Gasteiger partial charge on any atom is 0.252 e. The second-order valence-corrected chi connectivity index (χ2v) is 16.9. The van der Waals surface area contributed by atoms with Crippen LogP contribution in [0.3, 0.4) is 0 Å². The Kier molecular flexibility index (Phi) is 6.33. The average molecular weight is 438 g/mol. The molecule has 0 N–H and O–H groups in total. The van der Waals surface area contributed by atoms with Gasteiger partial charge in [-0.25, -0.2) is 18.7 Å². The predicted molar refractivity (Wildman–Crippen MR) is 104 cm³/mol. The zero-order valence-electron chi connectivity index (χ0n) is 13.4. The van der Waals surface area contributed by atoms with E-state index in [9.17, 15) is 0 Å². The topological polar surface area (TPSA) is 86.4 Å². The molecule has 0 aromatic carbocycles. The summed E-state index contributed by atoms with van der Waals surface area (Å²) >= 11 is 19.1. The average Bonchev–Trinajstić information content (AvgIpc) is 2.84. The molecule has 15 heteroatoms. The van der Waals surface area contributed by atoms with Crippen LogP contribution in [-0.4, -0.2) is 73.1 Å². The van der Waals surface area contributed by atoms with E-state index < -0.39 is 19.9 Å². The maximum atomic E-state index is 8.96. The summed E-state index contributed by atoms with van der Waals surface area (Å²) in [4.78, 5) is 6.65. The lowest BCUT2D eigenvalue weighted by atomic mass is 10.6. The monoisotopic (exact) mass is 437 g/mol. The van der Waals surface area contributed by atoms with Gasteiger partial charge < -0.3 is 0 Å². The van der Waals surface area contributed by atoms with Crippen molar-refractivity contribution in [2.75, 3.05) is 54.4 Å². The van der Waals surface area contributed by atoms with E-state index in [1.54, 1.807) is 0 Å². The second-order valence-electron chi connectivity index (χ2n) is 5.39. The van der Waals surface area contributed by atoms with Crippen LogP contribution in [0.25, 0.3) is 10.4 Å². The normalized spacial score (nSPS) is 26.2. The molecule has 0 aromatic rings. The fourth-order valence-electron chi connectivity index (χ4n) is 2.28. The number of halogens is 2. The molecule has 0 saturated carbocycles. The van der Waals surface area contributed by atoms with E-state index in [0.29, 0.717) is 0 Å². The van der Waals surface area contributed by atoms with Crippen molar-refractivity contribution >= 4 is 54.2 Å². The van der Waals surface area contributed by atoms with Crippen LogP contribution >= 0.6 is 42.4 Å². The second kappa shape index (κ2) is 7.22. The maximum absolute atomic E-state index is 8.96. The smallest absolute Gasteiger partial charge is 0.247 e. The van der Waals surface area contributed by atoms with Gasteiger partial charge in [-0.05, 0) is 72.9 Å². The molecule has 0 unspecified atom stereocenters. The molecule has 2 rings (SSSR count). The molecule has 0 bridgehead atoms. The molecule has 9 nitrogen and oxygen atoms in total. The summed E-state index contributed by atoms with van der Waals surface area (Å²) in [5.74, 6) is 0. The Labute approximate surface area is 151 Å². The summed E-state index contributed by atoms with van der Waals surface area (Å²) in [6.45, 7) is -5.03. The van der Waals surface area contributed by atoms with Gasteiger partial charge in [0.1, 0.15) is 0 Å². The van der Waals surface area contributed by atoms with E-state index in [4.69, 9.17) is 39.8 Å². The van der Waals surface area contributed by atoms with Crippen LogP contribution in [0.1, 0.15) is 0 Å². The first kappa shape index (κ1) is 20.2. The number of hydrogen-bond donors (Lipinski definition) is 0. The minimum Gasteiger partial charge on any atom is -0.247 e. The van der Waals surface area contributed by atoms with Crippen LogP contribution < -0.4 is 0 Å². The highest BCUT2D eigenvalue weighted by atomic mass is 35.7. The van der Waals surface area contributed by atoms with Crippen molar-refractivity contribution in [2.24, 2.45) is 13.9 Å². The molecular weight excluding hydrogens is 418 g/mol. The Morgan fingerprint density at radius 2 is 1.22 bits per heavy atom. The molecule has 0 atom stereocenters. The first-order chi connectivity index (χ1) is 10.6. The minimum absolute atomic E-state index is 0.782. The van der Waals surface area contributed by atoms with Crippen molar-refractivity contribution in [1.29, 1.82) is 0 Å². The lowest BCUT2D eigenvalue weighted by Crippen LogP contribution is -2.09. The molecule has 0 aromatic heterocycles. The number of azide groups is 1. The van der Waals surface area contributed by atoms with E-state index in [2.05, 4.69) is 18.8 Å². The highest BCUT2D eigenvalue weighted by molar-refractivity contribution is 8.16. The van der Waals surface area contributed by atoms with E-state index in [1.807, 2.05) is 46.9 Å². The van der Waals surface area contributed by atoms with Gasteiger partial charge in [0.05, 0.1) is 0 Å². The molecule has 0 amide bonds. The summed E-state index contributed by atoms with van der Waals surface area (Å²) in [6.07, 6.45) is 0. The molecule has 0 aliphatic carbocycles. The highest BCUT2D eigenvalue weighted by Gasteiger charge is 2.39. The third-order valence-electron chi connectivity index (χ3n) is 3.85. The van der Waals surface area contributed by atoms with Gasteiger partial charge in [-0.3, -0.25) is 0 Å². The van der Waals surface area contributed by atoms with Crippen LogP contribution in [-0.2, 0) is 11.8 Å². The van der Waals surface area contributed by atoms with Gasteiger partial charge in [0.25, 0.3) is 6.49 Å². The molecule has 0 spiro atoms. The summed E-state index contributed by atoms with van der Waals surface area (Å²) in [5, 5.41) is 0. The fourth-order valence-corrected chi connectivity index (χ4v) is 15.4. The molecule has 2 aliphatic heterocycles. The van der Waals surface area contributed by atoms with E-state index in [0.717, 1.165) is 26.2 Å². The van der Waals surface area contributed by atoms with Crippen molar-refractivity contribution in [3.05, 3.63) is 10.4 Å². The van der Waals surface area contributed by atoms with E-state index in [-0.39, 0.29) is 0 Å². The number of rotatable bonds is 3. The SMILES string of the molecule is CN1CCN(C)P1(Cl)=NP(=S)(N=[N+]=[N-])N=P1(Cl)N(C)CCN1C. The van der Waals surface area contributed by atoms with Crippen molar-refractivity contribution in [2.45, 2.75) is 0 Å². The standard InChI is InChI=1S/C8H20Cl2N9P3S/c1-16-5-6-17(2)20(16,9)14-22(23,13-12-11)15-21(10)18(3)7-8-19(21)4/h5-8H2,1-4H3. The largest absolute Gasteiger partial charge is 0.252 e. The van der Waals surface area contributed by atoms with Gasteiger partial charge in [-0.15, -0.1) is 0 Å². The number of likely N-dealkylation sites (N-methyl/N-ethyl adjacent to an activating group) is 4. The Balaban J connectivity index is 2.63. The zero-order valence-corrected chi connectivity index (χ0v) is 18.4. The van der Waals surface area contributed by atoms with Crippen molar-refractivity contribution < 1.29 is 0 Å². The lowest BCUT2D eigenvalue weighted by Gasteiger charge is -2.29. The summed E-state index contributed by atoms with van der Waals surface area (Å²) < 4.78 is 17.1. The van der Waals surface area contributed by atoms with Crippen molar-refractivity contribution in [3.8, 4) is 0 Å². The zero-order chi connectivity index (χ0) is 17.5. The van der Waals surface area contributed by atoms with Gasteiger partial charge in [0, 0.05) is 31.1 Å². The van der Waals surface area contributed by atoms with Crippen LogP contribution in [0.4, 0.5) is 0 Å². The van der Waals surface area contributed by atoms with Gasteiger partial charge in [-0.1, -0.05) is 0 Å². The number of hydrogen-bond acceptors (Lipinski definition) is 1. The summed E-state index contributed by atoms with van der Waals surface area (Å²) in [7, 11) is 7.57. The molecule has 132 valence electrons. The lowest BCUT2D eigenvalue weighted by molar-refractivity contribution is 0.553. The van der Waals surface area contributed by atoms with Crippen molar-refractivity contribution in [1.82, 2.24) is 18.7 Å². The molecule has 23 heavy (non-hydrogen) atoms.